The van der Waals surface area contributed by atoms with Crippen molar-refractivity contribution in [2.45, 2.75) is 168 Å². The molecule has 4 aliphatic rings. The van der Waals surface area contributed by atoms with Gasteiger partial charge in [0.2, 0.25) is 5.91 Å². The van der Waals surface area contributed by atoms with Crippen LogP contribution in [0.1, 0.15) is 150 Å². The average Bonchev–Trinajstić information content (AvgIpc) is 3.44. The minimum atomic E-state index is -0.753. The Morgan fingerprint density at radius 1 is 0.800 bits per heavy atom. The van der Waals surface area contributed by atoms with Gasteiger partial charge in [-0.25, -0.2) is 0 Å². The Hall–Kier alpha value is -2.18. The lowest BCUT2D eigenvalue weighted by Crippen LogP contribution is -2.63. The predicted octanol–water partition coefficient (Wildman–Crippen LogP) is 9.72. The van der Waals surface area contributed by atoms with E-state index in [2.05, 4.69) is 81.6 Å². The summed E-state index contributed by atoms with van der Waals surface area (Å²) in [5.74, 6) is 0.980. The van der Waals surface area contributed by atoms with Crippen molar-refractivity contribution in [3.63, 3.8) is 0 Å². The van der Waals surface area contributed by atoms with Crippen molar-refractivity contribution in [2.24, 2.45) is 46.3 Å². The highest BCUT2D eigenvalue weighted by atomic mass is 16.4. The van der Waals surface area contributed by atoms with E-state index >= 15 is 0 Å². The summed E-state index contributed by atoms with van der Waals surface area (Å²) in [6.07, 6.45) is 34.5. The number of nitrogens with one attached hydrogen (secondary N) is 1. The second-order valence-electron chi connectivity index (χ2n) is 17.0. The second kappa shape index (κ2) is 19.6. The maximum atomic E-state index is 12.9. The zero-order valence-corrected chi connectivity index (χ0v) is 31.9. The van der Waals surface area contributed by atoms with Gasteiger partial charge in [-0.1, -0.05) is 89.1 Å². The highest BCUT2D eigenvalue weighted by Gasteiger charge is 2.65. The summed E-state index contributed by atoms with van der Waals surface area (Å²) in [4.78, 5) is 24.2. The van der Waals surface area contributed by atoms with Gasteiger partial charge in [0.1, 0.15) is 0 Å². The standard InChI is InChI=1S/C44H71NO5/c1-5-6-7-8-9-10-11-12-13-14-15-16-17-18-19-20-21-22-40(48)45-34-27-28-43(3)33(29-34)30-38(46)42-36-25-24-35(32(2)23-26-41(49)50)44(36,4)39(47)31-37(42)43/h9-10,12-13,15-16,18-19,32-39,42,46-47H,5-8,11,14,17,20-31H2,1-4H3,(H,45,48)(H,49,50)/b10-9-,13-12-,16-15-,19-18-/t32-,33+,34?,35-,36+,37+,38-,39+,42+,43+,44-/m1/s1. The summed E-state index contributed by atoms with van der Waals surface area (Å²) in [6.45, 7) is 9.05. The van der Waals surface area contributed by atoms with Crippen molar-refractivity contribution in [1.29, 1.82) is 0 Å². The summed E-state index contributed by atoms with van der Waals surface area (Å²) >= 11 is 0. The van der Waals surface area contributed by atoms with Crippen molar-refractivity contribution in [1.82, 2.24) is 5.32 Å². The van der Waals surface area contributed by atoms with Gasteiger partial charge in [0, 0.05) is 18.9 Å². The number of carboxylic acids is 1. The number of rotatable bonds is 19. The lowest BCUT2D eigenvalue weighted by Gasteiger charge is -2.63. The molecule has 0 aromatic carbocycles. The minimum Gasteiger partial charge on any atom is -0.481 e. The van der Waals surface area contributed by atoms with Crippen LogP contribution >= 0.6 is 0 Å². The summed E-state index contributed by atoms with van der Waals surface area (Å²) in [7, 11) is 0. The number of carbonyl (C=O) groups is 2. The Labute approximate surface area is 304 Å². The number of aliphatic hydroxyl groups excluding tert-OH is 2. The molecule has 1 unspecified atom stereocenters. The topological polar surface area (TPSA) is 107 Å². The number of allylic oxidation sites excluding steroid dienone is 8. The molecule has 0 heterocycles. The van der Waals surface area contributed by atoms with E-state index in [1.165, 1.54) is 25.7 Å². The van der Waals surface area contributed by atoms with Gasteiger partial charge >= 0.3 is 5.97 Å². The minimum absolute atomic E-state index is 0.0564. The highest BCUT2D eigenvalue weighted by molar-refractivity contribution is 5.76. The Morgan fingerprint density at radius 2 is 1.44 bits per heavy atom. The van der Waals surface area contributed by atoms with Crippen LogP contribution in [-0.2, 0) is 9.59 Å². The fourth-order valence-corrected chi connectivity index (χ4v) is 11.1. The molecule has 0 aromatic rings. The summed E-state index contributed by atoms with van der Waals surface area (Å²) in [5.41, 5.74) is -0.219. The molecule has 50 heavy (non-hydrogen) atoms. The zero-order chi connectivity index (χ0) is 36.1. The summed E-state index contributed by atoms with van der Waals surface area (Å²) < 4.78 is 0. The molecule has 4 fully saturated rings. The van der Waals surface area contributed by atoms with Crippen LogP contribution in [0.15, 0.2) is 48.6 Å². The van der Waals surface area contributed by atoms with E-state index in [1.54, 1.807) is 0 Å². The number of carboxylic acid groups (broad SMARTS) is 1. The van der Waals surface area contributed by atoms with Crippen LogP contribution in [-0.4, -0.2) is 45.4 Å². The van der Waals surface area contributed by atoms with Crippen LogP contribution in [0, 0.1) is 46.3 Å². The van der Waals surface area contributed by atoms with E-state index in [9.17, 15) is 24.9 Å². The van der Waals surface area contributed by atoms with E-state index in [1.807, 2.05) is 0 Å². The first kappa shape index (κ1) is 40.6. The molecular formula is C44H71NO5. The molecule has 0 spiro atoms. The molecule has 6 heteroatoms. The Balaban J connectivity index is 1.16. The van der Waals surface area contributed by atoms with Crippen molar-refractivity contribution >= 4 is 11.9 Å². The Morgan fingerprint density at radius 3 is 2.08 bits per heavy atom. The molecule has 6 nitrogen and oxygen atoms in total. The highest BCUT2D eigenvalue weighted by Crippen LogP contribution is 2.68. The quantitative estimate of drug-likeness (QED) is 0.0796. The molecule has 282 valence electrons. The largest absolute Gasteiger partial charge is 0.481 e. The first-order valence-electron chi connectivity index (χ1n) is 20.5. The van der Waals surface area contributed by atoms with Crippen molar-refractivity contribution in [3.8, 4) is 0 Å². The van der Waals surface area contributed by atoms with Crippen LogP contribution in [0.4, 0.5) is 0 Å². The molecule has 4 aliphatic carbocycles. The number of carbonyl (C=O) groups excluding carboxylic acids is 1. The van der Waals surface area contributed by atoms with E-state index < -0.39 is 12.1 Å². The van der Waals surface area contributed by atoms with Gasteiger partial charge in [0.25, 0.3) is 0 Å². The van der Waals surface area contributed by atoms with Crippen LogP contribution in [0.5, 0.6) is 0 Å². The molecule has 4 saturated carbocycles. The molecule has 11 atom stereocenters. The summed E-state index contributed by atoms with van der Waals surface area (Å²) in [5, 5.41) is 36.1. The Kier molecular flexibility index (Phi) is 15.9. The van der Waals surface area contributed by atoms with Gasteiger partial charge in [0.05, 0.1) is 12.2 Å². The number of aliphatic hydroxyl groups is 2. The van der Waals surface area contributed by atoms with Crippen molar-refractivity contribution in [2.75, 3.05) is 0 Å². The van der Waals surface area contributed by atoms with Crippen LogP contribution in [0.3, 0.4) is 0 Å². The number of amides is 1. The van der Waals surface area contributed by atoms with Gasteiger partial charge in [0.15, 0.2) is 0 Å². The van der Waals surface area contributed by atoms with Gasteiger partial charge in [-0.2, -0.15) is 0 Å². The number of aliphatic carboxylic acids is 1. The molecule has 0 saturated heterocycles. The monoisotopic (exact) mass is 694 g/mol. The molecule has 0 bridgehead atoms. The SMILES string of the molecule is CCCCC/C=C\C/C=C\C/C=C\C/C=C\CCCC(=O)NC1CC[C@@]2(C)[C@@H](C1)C[C@@H](O)[C@@H]1[C@@H]2C[C@H](O)[C@]2(C)[C@@H]([C@H](C)CCC(=O)O)CC[C@@H]12. The van der Waals surface area contributed by atoms with Gasteiger partial charge in [-0.15, -0.1) is 0 Å². The van der Waals surface area contributed by atoms with Crippen LogP contribution in [0.2, 0.25) is 0 Å². The second-order valence-corrected chi connectivity index (χ2v) is 17.0. The number of fused-ring (bicyclic) bond motifs is 5. The number of hydrogen-bond donors (Lipinski definition) is 4. The molecule has 0 aromatic heterocycles. The van der Waals surface area contributed by atoms with E-state index in [-0.39, 0.29) is 64.9 Å². The van der Waals surface area contributed by atoms with Gasteiger partial charge in [-0.3, -0.25) is 9.59 Å². The van der Waals surface area contributed by atoms with Crippen molar-refractivity contribution < 1.29 is 24.9 Å². The first-order valence-corrected chi connectivity index (χ1v) is 20.5. The molecule has 4 N–H and O–H groups in total. The van der Waals surface area contributed by atoms with E-state index in [0.717, 1.165) is 77.0 Å². The summed E-state index contributed by atoms with van der Waals surface area (Å²) in [6, 6.07) is 0.158. The maximum absolute atomic E-state index is 12.9. The molecular weight excluding hydrogens is 622 g/mol. The third kappa shape index (κ3) is 10.2. The number of unbranched alkanes of at least 4 members (excludes halogenated alkanes) is 4. The third-order valence-electron chi connectivity index (χ3n) is 14.0. The smallest absolute Gasteiger partial charge is 0.303 e. The molecule has 4 rings (SSSR count). The van der Waals surface area contributed by atoms with Gasteiger partial charge in [-0.05, 0) is 143 Å². The normalized spacial score (nSPS) is 36.2. The van der Waals surface area contributed by atoms with E-state index in [0.29, 0.717) is 18.8 Å². The third-order valence-corrected chi connectivity index (χ3v) is 14.0. The fraction of sp³-hybridized carbons (Fsp3) is 0.773. The zero-order valence-electron chi connectivity index (χ0n) is 31.9. The Bertz CT molecular complexity index is 1190. The fourth-order valence-electron chi connectivity index (χ4n) is 11.1. The lowest BCUT2D eigenvalue weighted by molar-refractivity contribution is -0.202. The van der Waals surface area contributed by atoms with Crippen molar-refractivity contribution in [3.05, 3.63) is 48.6 Å². The number of hydrogen-bond acceptors (Lipinski definition) is 4. The average molecular weight is 694 g/mol. The molecule has 0 radical (unpaired) electrons. The maximum Gasteiger partial charge on any atom is 0.303 e. The predicted molar refractivity (Wildman–Crippen MR) is 204 cm³/mol. The van der Waals surface area contributed by atoms with Crippen LogP contribution in [0.25, 0.3) is 0 Å². The first-order chi connectivity index (χ1) is 24.0. The molecule has 0 aliphatic heterocycles. The van der Waals surface area contributed by atoms with E-state index in [4.69, 9.17) is 0 Å². The van der Waals surface area contributed by atoms with Gasteiger partial charge < -0.3 is 20.6 Å². The van der Waals surface area contributed by atoms with Crippen LogP contribution < -0.4 is 5.32 Å². The lowest BCUT2D eigenvalue weighted by atomic mass is 9.43. The molecule has 1 amide bonds.